The molecule has 32 heavy (non-hydrogen) atoms. The van der Waals surface area contributed by atoms with Crippen molar-refractivity contribution < 1.29 is 4.89 Å². The van der Waals surface area contributed by atoms with Gasteiger partial charge < -0.3 is 0 Å². The summed E-state index contributed by atoms with van der Waals surface area (Å²) in [5.41, 5.74) is 6.92. The average Bonchev–Trinajstić information content (AvgIpc) is 2.80. The molecule has 4 nitrogen and oxygen atoms in total. The Balaban J connectivity index is 1.60. The molecule has 0 bridgehead atoms. The molecule has 3 N–H and O–H groups in total. The fraction of sp³-hybridized carbons (Fsp3) is 0.0741. The Kier molecular flexibility index (Phi) is 4.85. The van der Waals surface area contributed by atoms with E-state index in [0.29, 0.717) is 0 Å². The molecule has 158 valence electrons. The third-order valence-electron chi connectivity index (χ3n) is 5.95. The molecule has 0 radical (unpaired) electrons. The number of fused-ring (bicyclic) bond motifs is 3. The fourth-order valence-corrected chi connectivity index (χ4v) is 5.14. The standard InChI is InChI=1S/C27H24N3OP/c1-32(2,31)20-13-11-18(12-14-20)17-7-9-19(10-8-17)27-22-15-16-23(28)26(29)25(22)21-5-3-4-6-24(21)30-27/h3-16,28-29,31-32H,1-2H3. The molecule has 0 unspecified atom stereocenters. The molecule has 5 heteroatoms. The van der Waals surface area contributed by atoms with E-state index in [1.807, 2.05) is 55.8 Å². The monoisotopic (exact) mass is 437 g/mol. The van der Waals surface area contributed by atoms with Gasteiger partial charge in [-0.15, -0.1) is 0 Å². The number of aromatic nitrogens is 1. The summed E-state index contributed by atoms with van der Waals surface area (Å²) < 4.78 is 0. The van der Waals surface area contributed by atoms with E-state index in [4.69, 9.17) is 15.8 Å². The van der Waals surface area contributed by atoms with E-state index in [2.05, 4.69) is 36.4 Å². The molecule has 1 heterocycles. The quantitative estimate of drug-likeness (QED) is 0.369. The zero-order valence-corrected chi connectivity index (χ0v) is 19.0. The number of pyridine rings is 1. The summed E-state index contributed by atoms with van der Waals surface area (Å²) in [5.74, 6) is 0. The van der Waals surface area contributed by atoms with Crippen LogP contribution in [0.15, 0.2) is 78.9 Å². The van der Waals surface area contributed by atoms with Crippen molar-refractivity contribution in [3.8, 4) is 22.4 Å². The summed E-state index contributed by atoms with van der Waals surface area (Å²) in [6, 6.07) is 24.2. The maximum absolute atomic E-state index is 10.3. The van der Waals surface area contributed by atoms with Crippen molar-refractivity contribution in [1.82, 2.24) is 4.98 Å². The van der Waals surface area contributed by atoms with Gasteiger partial charge in [0.05, 0.1) is 5.71 Å². The molecular formula is C27H24N3OP. The van der Waals surface area contributed by atoms with Crippen LogP contribution in [-0.4, -0.2) is 34.6 Å². The van der Waals surface area contributed by atoms with Crippen molar-refractivity contribution in [1.29, 1.82) is 10.8 Å². The van der Waals surface area contributed by atoms with Crippen LogP contribution in [0.25, 0.3) is 39.4 Å². The van der Waals surface area contributed by atoms with Crippen LogP contribution < -0.4 is 5.30 Å². The molecule has 4 aromatic rings. The fourth-order valence-electron chi connectivity index (χ4n) is 4.15. The first-order chi connectivity index (χ1) is 15.3. The summed E-state index contributed by atoms with van der Waals surface area (Å²) >= 11 is 0. The Labute approximate surface area is 187 Å². The summed E-state index contributed by atoms with van der Waals surface area (Å²) in [5, 5.41) is 18.5. The van der Waals surface area contributed by atoms with Crippen molar-refractivity contribution in [2.45, 2.75) is 0 Å². The first kappa shape index (κ1) is 20.4. The topological polar surface area (TPSA) is 80.8 Å². The summed E-state index contributed by atoms with van der Waals surface area (Å²) in [6.45, 7) is 3.84. The van der Waals surface area contributed by atoms with Gasteiger partial charge in [0.25, 0.3) is 0 Å². The molecule has 0 atom stereocenters. The number of benzene rings is 3. The number of hydrogen-bond acceptors (Lipinski definition) is 4. The predicted octanol–water partition coefficient (Wildman–Crippen LogP) is 5.53. The van der Waals surface area contributed by atoms with Crippen LogP contribution in [0.3, 0.4) is 0 Å². The normalized spacial score (nSPS) is 14.0. The zero-order chi connectivity index (χ0) is 22.5. The van der Waals surface area contributed by atoms with E-state index in [1.165, 1.54) is 0 Å². The van der Waals surface area contributed by atoms with Crippen LogP contribution in [0.4, 0.5) is 0 Å². The van der Waals surface area contributed by atoms with E-state index in [-0.39, 0.29) is 11.4 Å². The molecule has 3 aromatic carbocycles. The molecule has 1 aliphatic rings. The van der Waals surface area contributed by atoms with Gasteiger partial charge in [-0.05, 0) is 0 Å². The van der Waals surface area contributed by atoms with Gasteiger partial charge in [-0.1, -0.05) is 18.2 Å². The Morgan fingerprint density at radius 2 is 1.34 bits per heavy atom. The van der Waals surface area contributed by atoms with E-state index >= 15 is 0 Å². The zero-order valence-electron chi connectivity index (χ0n) is 18.0. The Morgan fingerprint density at radius 3 is 2.00 bits per heavy atom. The van der Waals surface area contributed by atoms with E-state index < -0.39 is 7.49 Å². The summed E-state index contributed by atoms with van der Waals surface area (Å²) in [4.78, 5) is 15.2. The van der Waals surface area contributed by atoms with Crippen LogP contribution in [0.5, 0.6) is 0 Å². The second-order valence-electron chi connectivity index (χ2n) is 8.60. The van der Waals surface area contributed by atoms with Crippen LogP contribution in [0.1, 0.15) is 11.1 Å². The number of para-hydroxylation sites is 1. The van der Waals surface area contributed by atoms with Crippen molar-refractivity contribution in [2.75, 3.05) is 13.3 Å². The minimum atomic E-state index is -2.30. The summed E-state index contributed by atoms with van der Waals surface area (Å²) in [6.07, 6.45) is 3.57. The molecule has 0 fully saturated rings. The minimum absolute atomic E-state index is 0.215. The Bertz CT molecular complexity index is 1410. The van der Waals surface area contributed by atoms with Crippen molar-refractivity contribution in [3.63, 3.8) is 0 Å². The van der Waals surface area contributed by atoms with Crippen molar-refractivity contribution >= 4 is 41.2 Å². The molecular weight excluding hydrogens is 413 g/mol. The summed E-state index contributed by atoms with van der Waals surface area (Å²) in [7, 11) is -2.30. The third-order valence-corrected chi connectivity index (χ3v) is 7.70. The number of allylic oxidation sites excluding steroid dienone is 1. The van der Waals surface area contributed by atoms with Crippen LogP contribution >= 0.6 is 7.49 Å². The molecule has 5 rings (SSSR count). The molecule has 1 aromatic heterocycles. The van der Waals surface area contributed by atoms with Gasteiger partial charge in [0, 0.05) is 0 Å². The van der Waals surface area contributed by atoms with E-state index in [9.17, 15) is 4.89 Å². The van der Waals surface area contributed by atoms with E-state index in [1.54, 1.807) is 6.08 Å². The van der Waals surface area contributed by atoms with Crippen LogP contribution in [0, 0.1) is 10.8 Å². The SMILES string of the molecule is C[PH](C)(O)c1ccc(-c2ccc(-c3nc4ccccc4c4c3C=CC(=N)C4=N)cc2)cc1. The van der Waals surface area contributed by atoms with Gasteiger partial charge in [-0.2, -0.15) is 0 Å². The van der Waals surface area contributed by atoms with Gasteiger partial charge in [0.2, 0.25) is 0 Å². The maximum atomic E-state index is 10.3. The number of nitrogens with zero attached hydrogens (tertiary/aromatic N) is 1. The molecule has 0 saturated heterocycles. The first-order valence-corrected chi connectivity index (χ1v) is 13.5. The van der Waals surface area contributed by atoms with E-state index in [0.717, 1.165) is 49.7 Å². The van der Waals surface area contributed by atoms with Crippen molar-refractivity contribution in [3.05, 3.63) is 90.0 Å². The van der Waals surface area contributed by atoms with Gasteiger partial charge >= 0.3 is 153 Å². The number of hydrogen-bond donors (Lipinski definition) is 3. The number of nitrogens with one attached hydrogen (secondary N) is 2. The Hall–Kier alpha value is -3.46. The molecule has 0 spiro atoms. The molecule has 0 amide bonds. The first-order valence-electron chi connectivity index (χ1n) is 10.6. The third kappa shape index (κ3) is 3.48. The predicted molar refractivity (Wildman–Crippen MR) is 138 cm³/mol. The van der Waals surface area contributed by atoms with Crippen molar-refractivity contribution in [2.24, 2.45) is 0 Å². The van der Waals surface area contributed by atoms with Gasteiger partial charge in [0.1, 0.15) is 0 Å². The number of rotatable bonds is 3. The molecule has 0 aliphatic heterocycles. The molecule has 1 aliphatic carbocycles. The van der Waals surface area contributed by atoms with Crippen LogP contribution in [0.2, 0.25) is 0 Å². The van der Waals surface area contributed by atoms with Gasteiger partial charge in [0.15, 0.2) is 0 Å². The second-order valence-corrected chi connectivity index (χ2v) is 12.3. The van der Waals surface area contributed by atoms with Crippen LogP contribution in [-0.2, 0) is 0 Å². The molecule has 0 saturated carbocycles. The average molecular weight is 437 g/mol. The Morgan fingerprint density at radius 1 is 0.750 bits per heavy atom. The van der Waals surface area contributed by atoms with Gasteiger partial charge in [-0.25, -0.2) is 0 Å². The second kappa shape index (κ2) is 7.59. The van der Waals surface area contributed by atoms with Gasteiger partial charge in [-0.3, -0.25) is 10.8 Å².